The first-order valence-corrected chi connectivity index (χ1v) is 6.79. The van der Waals surface area contributed by atoms with Gasteiger partial charge in [0.2, 0.25) is 0 Å². The van der Waals surface area contributed by atoms with Gasteiger partial charge in [-0.15, -0.1) is 0 Å². The molecule has 4 nitrogen and oxygen atoms in total. The van der Waals surface area contributed by atoms with E-state index in [2.05, 4.69) is 17.1 Å². The molecule has 0 aliphatic carbocycles. The van der Waals surface area contributed by atoms with Crippen LogP contribution in [0.5, 0.6) is 0 Å². The molecule has 1 heterocycles. The van der Waals surface area contributed by atoms with Crippen molar-refractivity contribution in [3.05, 3.63) is 0 Å². The molecule has 17 heavy (non-hydrogen) atoms. The summed E-state index contributed by atoms with van der Waals surface area (Å²) in [5.74, 6) is -0.729. The van der Waals surface area contributed by atoms with Crippen molar-refractivity contribution in [1.82, 2.24) is 10.2 Å². The molecule has 0 aromatic heterocycles. The zero-order chi connectivity index (χ0) is 12.7. The van der Waals surface area contributed by atoms with Crippen molar-refractivity contribution in [2.45, 2.75) is 51.5 Å². The van der Waals surface area contributed by atoms with Crippen LogP contribution >= 0.6 is 0 Å². The van der Waals surface area contributed by atoms with Gasteiger partial charge in [-0.25, -0.2) is 0 Å². The molecule has 0 saturated carbocycles. The summed E-state index contributed by atoms with van der Waals surface area (Å²) in [4.78, 5) is 13.7. The van der Waals surface area contributed by atoms with E-state index in [1.165, 1.54) is 25.9 Å². The maximum absolute atomic E-state index is 11.3. The Balaban J connectivity index is 2.30. The number of hydrogen-bond acceptors (Lipinski definition) is 3. The minimum atomic E-state index is -0.754. The van der Waals surface area contributed by atoms with Crippen LogP contribution < -0.4 is 5.32 Å². The fourth-order valence-electron chi connectivity index (χ4n) is 2.33. The molecule has 0 amide bonds. The van der Waals surface area contributed by atoms with Crippen LogP contribution in [0.25, 0.3) is 0 Å². The molecule has 1 fully saturated rings. The summed E-state index contributed by atoms with van der Waals surface area (Å²) < 4.78 is 0. The van der Waals surface area contributed by atoms with Gasteiger partial charge < -0.3 is 15.3 Å². The van der Waals surface area contributed by atoms with Crippen molar-refractivity contribution in [2.24, 2.45) is 0 Å². The third-order valence-corrected chi connectivity index (χ3v) is 3.59. The average molecular weight is 242 g/mol. The topological polar surface area (TPSA) is 52.6 Å². The Hall–Kier alpha value is -0.610. The zero-order valence-corrected chi connectivity index (χ0v) is 11.2. The number of carbonyl (C=O) groups is 1. The number of aliphatic carboxylic acids is 1. The van der Waals surface area contributed by atoms with Crippen molar-refractivity contribution in [3.63, 3.8) is 0 Å². The standard InChI is InChI=1S/C13H26N2O2/c1-3-8-14-13(2,12(16)17)7-6-11-15-9-4-5-10-15/h14H,3-11H2,1-2H3,(H,16,17). The molecule has 0 bridgehead atoms. The smallest absolute Gasteiger partial charge is 0.323 e. The minimum absolute atomic E-state index is 0.707. The monoisotopic (exact) mass is 242 g/mol. The second kappa shape index (κ2) is 6.97. The molecule has 100 valence electrons. The lowest BCUT2D eigenvalue weighted by Gasteiger charge is -2.27. The molecular weight excluding hydrogens is 216 g/mol. The first-order valence-electron chi connectivity index (χ1n) is 6.79. The van der Waals surface area contributed by atoms with Crippen LogP contribution in [0, 0.1) is 0 Å². The van der Waals surface area contributed by atoms with Crippen molar-refractivity contribution in [2.75, 3.05) is 26.2 Å². The summed E-state index contributed by atoms with van der Waals surface area (Å²) in [6.45, 7) is 8.04. The molecule has 0 spiro atoms. The molecule has 1 unspecified atom stereocenters. The summed E-state index contributed by atoms with van der Waals surface area (Å²) in [6.07, 6.45) is 5.22. The summed E-state index contributed by atoms with van der Waals surface area (Å²) in [7, 11) is 0. The van der Waals surface area contributed by atoms with E-state index in [0.29, 0.717) is 6.42 Å². The summed E-state index contributed by atoms with van der Waals surface area (Å²) in [5.41, 5.74) is -0.754. The Bertz CT molecular complexity index is 240. The molecule has 1 aliphatic rings. The second-order valence-electron chi connectivity index (χ2n) is 5.22. The van der Waals surface area contributed by atoms with Crippen molar-refractivity contribution in [3.8, 4) is 0 Å². The molecule has 4 heteroatoms. The molecule has 0 aromatic carbocycles. The maximum atomic E-state index is 11.3. The quantitative estimate of drug-likeness (QED) is 0.680. The second-order valence-corrected chi connectivity index (χ2v) is 5.22. The third kappa shape index (κ3) is 4.64. The SMILES string of the molecule is CCCNC(C)(CCCN1CCCC1)C(=O)O. The van der Waals surface area contributed by atoms with E-state index in [4.69, 9.17) is 0 Å². The number of likely N-dealkylation sites (tertiary alicyclic amines) is 1. The van der Waals surface area contributed by atoms with Gasteiger partial charge in [0.05, 0.1) is 0 Å². The highest BCUT2D eigenvalue weighted by molar-refractivity contribution is 5.78. The Morgan fingerprint density at radius 1 is 1.41 bits per heavy atom. The van der Waals surface area contributed by atoms with Gasteiger partial charge in [0, 0.05) is 0 Å². The molecular formula is C13H26N2O2. The van der Waals surface area contributed by atoms with Crippen LogP contribution in [0.4, 0.5) is 0 Å². The van der Waals surface area contributed by atoms with Gasteiger partial charge in [-0.05, 0) is 65.2 Å². The number of hydrogen-bond donors (Lipinski definition) is 2. The summed E-state index contributed by atoms with van der Waals surface area (Å²) in [6, 6.07) is 0. The number of carboxylic acids is 1. The van der Waals surface area contributed by atoms with Crippen LogP contribution in [0.3, 0.4) is 0 Å². The number of nitrogens with zero attached hydrogens (tertiary/aromatic N) is 1. The van der Waals surface area contributed by atoms with E-state index >= 15 is 0 Å². The molecule has 1 atom stereocenters. The highest BCUT2D eigenvalue weighted by atomic mass is 16.4. The van der Waals surface area contributed by atoms with Gasteiger partial charge in [0.1, 0.15) is 5.54 Å². The predicted octanol–water partition coefficient (Wildman–Crippen LogP) is 1.71. The average Bonchev–Trinajstić information content (AvgIpc) is 2.79. The van der Waals surface area contributed by atoms with Gasteiger partial charge in [0.15, 0.2) is 0 Å². The Kier molecular flexibility index (Phi) is 5.92. The fraction of sp³-hybridized carbons (Fsp3) is 0.923. The van der Waals surface area contributed by atoms with Crippen LogP contribution in [-0.4, -0.2) is 47.7 Å². The molecule has 2 N–H and O–H groups in total. The zero-order valence-electron chi connectivity index (χ0n) is 11.2. The lowest BCUT2D eigenvalue weighted by Crippen LogP contribution is -2.50. The third-order valence-electron chi connectivity index (χ3n) is 3.59. The molecule has 0 radical (unpaired) electrons. The first-order chi connectivity index (χ1) is 8.08. The normalized spacial score (nSPS) is 20.4. The van der Waals surface area contributed by atoms with E-state index in [-0.39, 0.29) is 0 Å². The number of carboxylic acid groups (broad SMARTS) is 1. The molecule has 0 aromatic rings. The van der Waals surface area contributed by atoms with E-state index in [9.17, 15) is 9.90 Å². The minimum Gasteiger partial charge on any atom is -0.480 e. The van der Waals surface area contributed by atoms with E-state index in [0.717, 1.165) is 25.9 Å². The van der Waals surface area contributed by atoms with Crippen LogP contribution in [0.15, 0.2) is 0 Å². The van der Waals surface area contributed by atoms with Gasteiger partial charge >= 0.3 is 5.97 Å². The van der Waals surface area contributed by atoms with E-state index in [1.54, 1.807) is 6.92 Å². The first kappa shape index (κ1) is 14.5. The lowest BCUT2D eigenvalue weighted by molar-refractivity contribution is -0.144. The maximum Gasteiger partial charge on any atom is 0.323 e. The fourth-order valence-corrected chi connectivity index (χ4v) is 2.33. The van der Waals surface area contributed by atoms with Crippen molar-refractivity contribution < 1.29 is 9.90 Å². The Labute approximate surface area is 104 Å². The van der Waals surface area contributed by atoms with Crippen LogP contribution in [0.1, 0.15) is 46.0 Å². The summed E-state index contributed by atoms with van der Waals surface area (Å²) >= 11 is 0. The lowest BCUT2D eigenvalue weighted by atomic mass is 9.95. The van der Waals surface area contributed by atoms with Crippen LogP contribution in [0.2, 0.25) is 0 Å². The highest BCUT2D eigenvalue weighted by Crippen LogP contribution is 2.15. The molecule has 1 rings (SSSR count). The van der Waals surface area contributed by atoms with Gasteiger partial charge in [0.25, 0.3) is 0 Å². The van der Waals surface area contributed by atoms with Gasteiger partial charge in [-0.3, -0.25) is 4.79 Å². The number of rotatable bonds is 8. The largest absolute Gasteiger partial charge is 0.480 e. The Morgan fingerprint density at radius 3 is 2.59 bits per heavy atom. The Morgan fingerprint density at radius 2 is 2.06 bits per heavy atom. The number of nitrogens with one attached hydrogen (secondary N) is 1. The molecule has 1 saturated heterocycles. The van der Waals surface area contributed by atoms with Crippen molar-refractivity contribution in [1.29, 1.82) is 0 Å². The highest BCUT2D eigenvalue weighted by Gasteiger charge is 2.31. The van der Waals surface area contributed by atoms with Crippen LogP contribution in [-0.2, 0) is 4.79 Å². The van der Waals surface area contributed by atoms with E-state index < -0.39 is 11.5 Å². The predicted molar refractivity (Wildman–Crippen MR) is 69.2 cm³/mol. The van der Waals surface area contributed by atoms with Gasteiger partial charge in [-0.1, -0.05) is 6.92 Å². The van der Waals surface area contributed by atoms with Gasteiger partial charge in [-0.2, -0.15) is 0 Å². The van der Waals surface area contributed by atoms with Crippen molar-refractivity contribution >= 4 is 5.97 Å². The molecule has 1 aliphatic heterocycles. The summed E-state index contributed by atoms with van der Waals surface area (Å²) in [5, 5.41) is 12.4. The van der Waals surface area contributed by atoms with E-state index in [1.807, 2.05) is 0 Å².